The minimum atomic E-state index is -1.47. The average Bonchev–Trinajstić information content (AvgIpc) is 2.94. The zero-order valence-electron chi connectivity index (χ0n) is 21.6. The van der Waals surface area contributed by atoms with Gasteiger partial charge in [0, 0.05) is 46.7 Å². The van der Waals surface area contributed by atoms with Crippen LogP contribution in [0.5, 0.6) is 57.5 Å². The Morgan fingerprint density at radius 2 is 1.29 bits per heavy atom. The van der Waals surface area contributed by atoms with Gasteiger partial charge in [-0.2, -0.15) is 0 Å². The third-order valence-corrected chi connectivity index (χ3v) is 7.68. The number of hydrogen-bond acceptors (Lipinski definition) is 12. The Morgan fingerprint density at radius 1 is 0.595 bits per heavy atom. The molecule has 0 fully saturated rings. The van der Waals surface area contributed by atoms with Crippen LogP contribution in [0.3, 0.4) is 0 Å². The molecule has 12 heteroatoms. The molecular weight excluding hydrogens is 552 g/mol. The average molecular weight is 579 g/mol. The topological polar surface area (TPSA) is 221 Å². The number of aliphatic hydroxyl groups excluding tert-OH is 2. The lowest BCUT2D eigenvalue weighted by atomic mass is 9.78. The van der Waals surface area contributed by atoms with E-state index in [9.17, 15) is 51.1 Å². The first-order chi connectivity index (χ1) is 19.9. The van der Waals surface area contributed by atoms with Crippen LogP contribution >= 0.6 is 0 Å². The molecule has 0 amide bonds. The molecule has 10 N–H and O–H groups in total. The van der Waals surface area contributed by atoms with Gasteiger partial charge in [-0.05, 0) is 35.9 Å². The Balaban J connectivity index is 1.53. The van der Waals surface area contributed by atoms with Crippen LogP contribution in [0.2, 0.25) is 0 Å². The monoisotopic (exact) mass is 578 g/mol. The predicted octanol–water partition coefficient (Wildman–Crippen LogP) is 3.00. The number of benzene rings is 4. The lowest BCUT2D eigenvalue weighted by Crippen LogP contribution is -2.36. The third-order valence-electron chi connectivity index (χ3n) is 7.68. The lowest BCUT2D eigenvalue weighted by molar-refractivity contribution is 0.00183. The molecule has 0 spiro atoms. The van der Waals surface area contributed by atoms with Crippen LogP contribution in [0.15, 0.2) is 54.6 Å². The summed E-state index contributed by atoms with van der Waals surface area (Å²) in [6.45, 7) is 0. The van der Waals surface area contributed by atoms with Gasteiger partial charge >= 0.3 is 0 Å². The van der Waals surface area contributed by atoms with Crippen molar-refractivity contribution in [3.8, 4) is 57.5 Å². The highest BCUT2D eigenvalue weighted by Crippen LogP contribution is 2.55. The molecule has 0 aliphatic carbocycles. The van der Waals surface area contributed by atoms with Crippen LogP contribution in [0, 0.1) is 0 Å². The van der Waals surface area contributed by atoms with E-state index in [1.54, 1.807) is 0 Å². The zero-order valence-corrected chi connectivity index (χ0v) is 21.6. The minimum Gasteiger partial charge on any atom is -0.508 e. The van der Waals surface area contributed by atoms with Gasteiger partial charge in [0.1, 0.15) is 34.9 Å². The summed E-state index contributed by atoms with van der Waals surface area (Å²) in [5.41, 5.74) is 0.770. The fraction of sp³-hybridized carbons (Fsp3) is 0.200. The molecule has 0 unspecified atom stereocenters. The first-order valence-corrected chi connectivity index (χ1v) is 12.8. The standard InChI is InChI=1S/C30H26O12/c31-13-2-3-14-23(8-13)41-29(11-1-4-16(32)18(34)5-11)27(40)24(14)25-19(35)10-17(33)15-9-22(38)28(42-30(15)25)12-6-20(36)26(39)21(37)7-12/h1-8,10,22,24,27-29,31-40H,9H2/t22-,24-,27+,28-,29-/m1/s1. The Bertz CT molecular complexity index is 1690. The summed E-state index contributed by atoms with van der Waals surface area (Å²) in [4.78, 5) is 0. The van der Waals surface area contributed by atoms with E-state index < -0.39 is 70.6 Å². The second-order valence-electron chi connectivity index (χ2n) is 10.3. The Hall–Kier alpha value is -5.20. The Labute approximate surface area is 237 Å². The van der Waals surface area contributed by atoms with Gasteiger partial charge in [0.15, 0.2) is 41.0 Å². The van der Waals surface area contributed by atoms with Crippen molar-refractivity contribution in [2.45, 2.75) is 36.8 Å². The summed E-state index contributed by atoms with van der Waals surface area (Å²) < 4.78 is 12.2. The van der Waals surface area contributed by atoms with Crippen LogP contribution in [0.4, 0.5) is 0 Å². The maximum Gasteiger partial charge on any atom is 0.200 e. The van der Waals surface area contributed by atoms with Crippen molar-refractivity contribution in [1.82, 2.24) is 0 Å². The third kappa shape index (κ3) is 4.24. The van der Waals surface area contributed by atoms with Gasteiger partial charge in [0.25, 0.3) is 0 Å². The number of phenols is 8. The van der Waals surface area contributed by atoms with Gasteiger partial charge in [-0.1, -0.05) is 12.1 Å². The zero-order chi connectivity index (χ0) is 30.0. The molecule has 12 nitrogen and oxygen atoms in total. The smallest absolute Gasteiger partial charge is 0.200 e. The van der Waals surface area contributed by atoms with E-state index in [1.165, 1.54) is 36.4 Å². The van der Waals surface area contributed by atoms with E-state index in [0.717, 1.165) is 18.2 Å². The molecule has 5 atom stereocenters. The second kappa shape index (κ2) is 9.72. The number of hydrogen-bond donors (Lipinski definition) is 10. The molecular formula is C30H26O12. The van der Waals surface area contributed by atoms with Crippen molar-refractivity contribution < 1.29 is 60.5 Å². The van der Waals surface area contributed by atoms with E-state index in [1.807, 2.05) is 0 Å². The van der Waals surface area contributed by atoms with Crippen molar-refractivity contribution in [3.05, 3.63) is 82.4 Å². The number of ether oxygens (including phenoxy) is 2. The van der Waals surface area contributed by atoms with Crippen molar-refractivity contribution in [3.63, 3.8) is 0 Å². The maximum absolute atomic E-state index is 11.7. The summed E-state index contributed by atoms with van der Waals surface area (Å²) in [5, 5.41) is 105. The number of fused-ring (bicyclic) bond motifs is 2. The van der Waals surface area contributed by atoms with Gasteiger partial charge in [-0.15, -0.1) is 0 Å². The molecule has 4 aromatic carbocycles. The number of rotatable bonds is 3. The molecule has 2 aliphatic heterocycles. The summed E-state index contributed by atoms with van der Waals surface area (Å²) >= 11 is 0. The molecule has 0 bridgehead atoms. The molecule has 4 aromatic rings. The molecule has 0 aromatic heterocycles. The van der Waals surface area contributed by atoms with E-state index in [-0.39, 0.29) is 45.9 Å². The largest absolute Gasteiger partial charge is 0.508 e. The predicted molar refractivity (Wildman–Crippen MR) is 143 cm³/mol. The molecule has 0 saturated heterocycles. The normalized spacial score (nSPS) is 22.9. The second-order valence-corrected chi connectivity index (χ2v) is 10.3. The number of aromatic hydroxyl groups is 8. The SMILES string of the molecule is Oc1ccc2c(c1)O[C@H](c1ccc(O)c(O)c1)[C@@H](O)[C@H]2c1c(O)cc(O)c2c1O[C@H](c1cc(O)c(O)c(O)c1)[C@H](O)C2. The van der Waals surface area contributed by atoms with Gasteiger partial charge < -0.3 is 60.5 Å². The summed E-state index contributed by atoms with van der Waals surface area (Å²) in [5.74, 6) is -5.07. The van der Waals surface area contributed by atoms with E-state index in [4.69, 9.17) is 9.47 Å². The molecule has 2 heterocycles. The highest BCUT2D eigenvalue weighted by Gasteiger charge is 2.45. The van der Waals surface area contributed by atoms with Crippen molar-refractivity contribution in [1.29, 1.82) is 0 Å². The molecule has 2 aliphatic rings. The highest BCUT2D eigenvalue weighted by atomic mass is 16.5. The maximum atomic E-state index is 11.7. The molecule has 42 heavy (non-hydrogen) atoms. The first-order valence-electron chi connectivity index (χ1n) is 12.8. The van der Waals surface area contributed by atoms with Gasteiger partial charge in [-0.25, -0.2) is 0 Å². The fourth-order valence-electron chi connectivity index (χ4n) is 5.68. The Kier molecular flexibility index (Phi) is 6.24. The lowest BCUT2D eigenvalue weighted by Gasteiger charge is -2.40. The molecule has 0 radical (unpaired) electrons. The van der Waals surface area contributed by atoms with Crippen LogP contribution in [-0.4, -0.2) is 63.3 Å². The number of phenolic OH excluding ortho intramolecular Hbond substituents is 8. The first kappa shape index (κ1) is 27.0. The molecule has 0 saturated carbocycles. The van der Waals surface area contributed by atoms with Crippen molar-refractivity contribution in [2.75, 3.05) is 0 Å². The molecule has 6 rings (SSSR count). The Morgan fingerprint density at radius 3 is 1.98 bits per heavy atom. The van der Waals surface area contributed by atoms with Gasteiger partial charge in [-0.3, -0.25) is 0 Å². The summed E-state index contributed by atoms with van der Waals surface area (Å²) in [7, 11) is 0. The van der Waals surface area contributed by atoms with Crippen LogP contribution in [-0.2, 0) is 6.42 Å². The van der Waals surface area contributed by atoms with E-state index >= 15 is 0 Å². The highest BCUT2D eigenvalue weighted by molar-refractivity contribution is 5.64. The van der Waals surface area contributed by atoms with E-state index in [2.05, 4.69) is 0 Å². The van der Waals surface area contributed by atoms with Crippen molar-refractivity contribution >= 4 is 0 Å². The van der Waals surface area contributed by atoms with E-state index in [0.29, 0.717) is 5.56 Å². The van der Waals surface area contributed by atoms with Crippen LogP contribution < -0.4 is 9.47 Å². The molecule has 218 valence electrons. The fourth-order valence-corrected chi connectivity index (χ4v) is 5.68. The quantitative estimate of drug-likeness (QED) is 0.159. The van der Waals surface area contributed by atoms with Gasteiger partial charge in [0.05, 0.1) is 6.10 Å². The van der Waals surface area contributed by atoms with Crippen molar-refractivity contribution in [2.24, 2.45) is 0 Å². The van der Waals surface area contributed by atoms with Gasteiger partial charge in [0.2, 0.25) is 0 Å². The number of aliphatic hydroxyl groups is 2. The van der Waals surface area contributed by atoms with Crippen LogP contribution in [0.25, 0.3) is 0 Å². The van der Waals surface area contributed by atoms with Crippen LogP contribution in [0.1, 0.15) is 45.9 Å². The summed E-state index contributed by atoms with van der Waals surface area (Å²) in [6.07, 6.45) is -5.41. The minimum absolute atomic E-state index is 0.00247. The summed E-state index contributed by atoms with van der Waals surface area (Å²) in [6, 6.07) is 11.2.